The van der Waals surface area contributed by atoms with E-state index in [1.54, 1.807) is 0 Å². The van der Waals surface area contributed by atoms with E-state index in [1.807, 2.05) is 35.4 Å². The van der Waals surface area contributed by atoms with Crippen LogP contribution in [0.2, 0.25) is 0 Å². The van der Waals surface area contributed by atoms with Gasteiger partial charge in [-0.15, -0.1) is 0 Å². The van der Waals surface area contributed by atoms with Crippen molar-refractivity contribution in [2.24, 2.45) is 0 Å². The zero-order valence-electron chi connectivity index (χ0n) is 11.8. The predicted octanol–water partition coefficient (Wildman–Crippen LogP) is 4.14. The minimum Gasteiger partial charge on any atom is -0.337 e. The third-order valence-corrected chi connectivity index (χ3v) is 5.11. The van der Waals surface area contributed by atoms with Crippen molar-refractivity contribution in [3.63, 3.8) is 0 Å². The SMILES string of the molecule is [B]P(C)n1nc(-c2nc3ccccc3[nH]2)c2cc(I)ccc21. The first-order chi connectivity index (χ1) is 10.6. The van der Waals surface area contributed by atoms with Crippen molar-refractivity contribution in [2.45, 2.75) is 0 Å². The smallest absolute Gasteiger partial charge is 0.159 e. The van der Waals surface area contributed by atoms with Crippen LogP contribution in [0, 0.1) is 3.57 Å². The standard InChI is InChI=1S/C15H11BIN4P/c1-22(16)21-13-7-6-9(17)8-10(13)14(20-21)15-18-11-4-2-3-5-12(11)19-15/h2-8H,1H3,(H,18,19). The minimum absolute atomic E-state index is 0.781. The Morgan fingerprint density at radius 3 is 2.82 bits per heavy atom. The van der Waals surface area contributed by atoms with Gasteiger partial charge in [-0.1, -0.05) is 12.1 Å². The van der Waals surface area contributed by atoms with Crippen molar-refractivity contribution < 1.29 is 0 Å². The average molecular weight is 416 g/mol. The van der Waals surface area contributed by atoms with E-state index in [2.05, 4.69) is 50.8 Å². The van der Waals surface area contributed by atoms with Crippen LogP contribution in [0.1, 0.15) is 0 Å². The number of aromatic amines is 1. The molecule has 1 unspecified atom stereocenters. The van der Waals surface area contributed by atoms with E-state index in [-0.39, 0.29) is 0 Å². The molecule has 22 heavy (non-hydrogen) atoms. The van der Waals surface area contributed by atoms with Gasteiger partial charge in [0.15, 0.2) is 5.82 Å². The molecule has 2 radical (unpaired) electrons. The maximum absolute atomic E-state index is 6.12. The number of nitrogens with zero attached hydrogens (tertiary/aromatic N) is 3. The molecular weight excluding hydrogens is 405 g/mol. The summed E-state index contributed by atoms with van der Waals surface area (Å²) in [6, 6.07) is 14.3. The van der Waals surface area contributed by atoms with E-state index >= 15 is 0 Å². The van der Waals surface area contributed by atoms with Gasteiger partial charge in [-0.05, 0) is 67.5 Å². The summed E-state index contributed by atoms with van der Waals surface area (Å²) in [5.41, 5.74) is 3.85. The number of imidazole rings is 1. The molecule has 7 heteroatoms. The summed E-state index contributed by atoms with van der Waals surface area (Å²) in [5.74, 6) is 0.781. The highest BCUT2D eigenvalue weighted by Gasteiger charge is 2.17. The van der Waals surface area contributed by atoms with Crippen LogP contribution < -0.4 is 0 Å². The van der Waals surface area contributed by atoms with Crippen LogP contribution in [0.25, 0.3) is 33.5 Å². The zero-order valence-corrected chi connectivity index (χ0v) is 14.8. The Morgan fingerprint density at radius 1 is 1.23 bits per heavy atom. The number of nitrogens with one attached hydrogen (secondary N) is 1. The molecular formula is C15H11BIN4P. The van der Waals surface area contributed by atoms with Crippen molar-refractivity contribution >= 4 is 60.0 Å². The number of H-pyrrole nitrogens is 1. The molecule has 0 fully saturated rings. The quantitative estimate of drug-likeness (QED) is 0.304. The molecule has 4 nitrogen and oxygen atoms in total. The van der Waals surface area contributed by atoms with Gasteiger partial charge >= 0.3 is 0 Å². The lowest BCUT2D eigenvalue weighted by molar-refractivity contribution is 1.02. The summed E-state index contributed by atoms with van der Waals surface area (Å²) in [5, 5.41) is 5.79. The average Bonchev–Trinajstić information content (AvgIpc) is 3.07. The molecule has 0 saturated carbocycles. The number of fused-ring (bicyclic) bond motifs is 2. The molecule has 0 spiro atoms. The third kappa shape index (κ3) is 2.25. The molecule has 0 aliphatic heterocycles. The Balaban J connectivity index is 2.03. The molecule has 4 rings (SSSR count). The minimum atomic E-state index is -0.837. The lowest BCUT2D eigenvalue weighted by Crippen LogP contribution is -1.93. The van der Waals surface area contributed by atoms with Crippen LogP contribution in [0.5, 0.6) is 0 Å². The largest absolute Gasteiger partial charge is 0.337 e. The molecule has 2 aromatic carbocycles. The van der Waals surface area contributed by atoms with Gasteiger partial charge in [0.2, 0.25) is 0 Å². The van der Waals surface area contributed by atoms with Crippen LogP contribution in [0.15, 0.2) is 42.5 Å². The summed E-state index contributed by atoms with van der Waals surface area (Å²) in [6.07, 6.45) is 0. The highest BCUT2D eigenvalue weighted by molar-refractivity contribution is 14.1. The Kier molecular flexibility index (Phi) is 3.46. The van der Waals surface area contributed by atoms with Crippen molar-refractivity contribution in [3.8, 4) is 11.5 Å². The number of benzene rings is 2. The highest BCUT2D eigenvalue weighted by Crippen LogP contribution is 2.36. The summed E-state index contributed by atoms with van der Waals surface area (Å²) in [4.78, 5) is 8.02. The topological polar surface area (TPSA) is 46.5 Å². The second-order valence-corrected chi connectivity index (χ2v) is 7.85. The fraction of sp³-hybridized carbons (Fsp3) is 0.0667. The van der Waals surface area contributed by atoms with Crippen molar-refractivity contribution in [1.82, 2.24) is 19.5 Å². The number of aromatic nitrogens is 4. The van der Waals surface area contributed by atoms with E-state index in [1.165, 1.54) is 3.57 Å². The molecule has 4 aromatic rings. The lowest BCUT2D eigenvalue weighted by atomic mass is 10.2. The van der Waals surface area contributed by atoms with E-state index in [9.17, 15) is 0 Å². The molecule has 0 aliphatic carbocycles. The number of halogens is 1. The Bertz CT molecular complexity index is 959. The first-order valence-corrected chi connectivity index (χ1v) is 9.64. The van der Waals surface area contributed by atoms with Crippen molar-refractivity contribution in [2.75, 3.05) is 6.66 Å². The maximum Gasteiger partial charge on any atom is 0.159 e. The number of rotatable bonds is 2. The monoisotopic (exact) mass is 416 g/mol. The van der Waals surface area contributed by atoms with Gasteiger partial charge < -0.3 is 4.98 Å². The van der Waals surface area contributed by atoms with Gasteiger partial charge in [0.05, 0.1) is 16.6 Å². The van der Waals surface area contributed by atoms with Gasteiger partial charge in [-0.2, -0.15) is 5.10 Å². The number of para-hydroxylation sites is 2. The number of hydrogen-bond acceptors (Lipinski definition) is 2. The van der Waals surface area contributed by atoms with Gasteiger partial charge in [0.25, 0.3) is 0 Å². The molecule has 106 valence electrons. The fourth-order valence-electron chi connectivity index (χ4n) is 2.56. The van der Waals surface area contributed by atoms with Crippen molar-refractivity contribution in [1.29, 1.82) is 0 Å². The summed E-state index contributed by atoms with van der Waals surface area (Å²) >= 11 is 2.31. The molecule has 2 heterocycles. The predicted molar refractivity (Wildman–Crippen MR) is 102 cm³/mol. The molecule has 0 aliphatic rings. The fourth-order valence-corrected chi connectivity index (χ4v) is 3.79. The second kappa shape index (κ2) is 5.35. The normalized spacial score (nSPS) is 13.0. The lowest BCUT2D eigenvalue weighted by Gasteiger charge is -2.07. The third-order valence-electron chi connectivity index (χ3n) is 3.54. The Hall–Kier alpha value is -1.40. The Morgan fingerprint density at radius 2 is 2.05 bits per heavy atom. The maximum atomic E-state index is 6.12. The van der Waals surface area contributed by atoms with Crippen LogP contribution in [0.4, 0.5) is 0 Å². The molecule has 2 aromatic heterocycles. The highest BCUT2D eigenvalue weighted by atomic mass is 127. The van der Waals surface area contributed by atoms with E-state index in [0.29, 0.717) is 0 Å². The van der Waals surface area contributed by atoms with Crippen LogP contribution in [-0.4, -0.2) is 33.7 Å². The van der Waals surface area contributed by atoms with Gasteiger partial charge in [-0.3, -0.25) is 4.45 Å². The summed E-state index contributed by atoms with van der Waals surface area (Å²) < 4.78 is 3.07. The number of hydrogen-bond donors (Lipinski definition) is 1. The molecule has 0 bridgehead atoms. The van der Waals surface area contributed by atoms with Gasteiger partial charge in [0.1, 0.15) is 13.3 Å². The van der Waals surface area contributed by atoms with Gasteiger partial charge in [-0.25, -0.2) is 4.98 Å². The van der Waals surface area contributed by atoms with E-state index < -0.39 is 7.95 Å². The first kappa shape index (κ1) is 14.2. The van der Waals surface area contributed by atoms with E-state index in [4.69, 9.17) is 12.7 Å². The summed E-state index contributed by atoms with van der Waals surface area (Å²) in [6.45, 7) is 1.99. The molecule has 1 atom stereocenters. The second-order valence-electron chi connectivity index (χ2n) is 5.08. The van der Waals surface area contributed by atoms with E-state index in [0.717, 1.165) is 33.5 Å². The first-order valence-electron chi connectivity index (χ1n) is 6.75. The zero-order chi connectivity index (χ0) is 15.3. The van der Waals surface area contributed by atoms with Gasteiger partial charge in [0, 0.05) is 8.96 Å². The van der Waals surface area contributed by atoms with Crippen LogP contribution >= 0.6 is 30.5 Å². The summed E-state index contributed by atoms with van der Waals surface area (Å²) in [7, 11) is 5.28. The molecule has 0 amide bonds. The molecule has 1 N–H and O–H groups in total. The molecule has 0 saturated heterocycles. The Labute approximate surface area is 143 Å². The van der Waals surface area contributed by atoms with Crippen LogP contribution in [-0.2, 0) is 0 Å². The van der Waals surface area contributed by atoms with Crippen molar-refractivity contribution in [3.05, 3.63) is 46.0 Å². The van der Waals surface area contributed by atoms with Crippen LogP contribution in [0.3, 0.4) is 0 Å².